The molecule has 8 heteroatoms. The maximum absolute atomic E-state index is 12.3. The molecule has 2 N–H and O–H groups in total. The molecule has 0 saturated heterocycles. The van der Waals surface area contributed by atoms with Crippen molar-refractivity contribution in [2.75, 3.05) is 19.0 Å². The molecule has 4 aromatic rings. The highest BCUT2D eigenvalue weighted by Gasteiger charge is 2.13. The number of ketones is 1. The Kier molecular flexibility index (Phi) is 6.85. The number of carbonyl (C=O) groups excluding carboxylic acids is 1. The number of rotatable bonds is 10. The number of hydrogen-bond donors (Lipinski definition) is 2. The minimum atomic E-state index is -0.0684. The molecule has 170 valence electrons. The van der Waals surface area contributed by atoms with Gasteiger partial charge in [-0.15, -0.1) is 0 Å². The smallest absolute Gasteiger partial charge is 0.208 e. The first kappa shape index (κ1) is 22.3. The predicted molar refractivity (Wildman–Crippen MR) is 127 cm³/mol. The standard InChI is InChI=1S/C25H26N4O4/c1-29-22-11-10-17(33-18-12-13-26-21(16-18)23(31)8-5-6-14-30)15-20(22)28-25(29)27-19-7-3-4-9-24(19)32-2/h3-4,7,9-13,15-16,30H,5-6,8,14H2,1-2H3,(H,27,28). The summed E-state index contributed by atoms with van der Waals surface area (Å²) < 4.78 is 13.4. The summed E-state index contributed by atoms with van der Waals surface area (Å²) in [5.41, 5.74) is 2.88. The van der Waals surface area contributed by atoms with Gasteiger partial charge in [-0.1, -0.05) is 12.1 Å². The number of benzene rings is 2. The Hall–Kier alpha value is -3.91. The van der Waals surface area contributed by atoms with Crippen LogP contribution in [-0.2, 0) is 7.05 Å². The molecule has 0 atom stereocenters. The molecule has 2 heterocycles. The zero-order chi connectivity index (χ0) is 23.2. The molecule has 0 unspecified atom stereocenters. The van der Waals surface area contributed by atoms with Crippen molar-refractivity contribution < 1.29 is 19.4 Å². The van der Waals surface area contributed by atoms with Gasteiger partial charge in [-0.2, -0.15) is 0 Å². The fourth-order valence-corrected chi connectivity index (χ4v) is 3.51. The molecule has 4 rings (SSSR count). The van der Waals surface area contributed by atoms with Crippen LogP contribution in [0.25, 0.3) is 11.0 Å². The Bertz CT molecular complexity index is 1270. The Morgan fingerprint density at radius 3 is 2.73 bits per heavy atom. The van der Waals surface area contributed by atoms with Crippen LogP contribution >= 0.6 is 0 Å². The number of unbranched alkanes of at least 4 members (excludes halogenated alkanes) is 1. The van der Waals surface area contributed by atoms with Crippen LogP contribution in [0, 0.1) is 0 Å². The molecule has 8 nitrogen and oxygen atoms in total. The van der Waals surface area contributed by atoms with Gasteiger partial charge in [0.15, 0.2) is 5.78 Å². The number of aliphatic hydroxyl groups excluding tert-OH is 1. The summed E-state index contributed by atoms with van der Waals surface area (Å²) in [5.74, 6) is 2.47. The van der Waals surface area contributed by atoms with Gasteiger partial charge in [0.1, 0.15) is 22.9 Å². The molecule has 0 aliphatic heterocycles. The number of aliphatic hydroxyl groups is 1. The number of imidazole rings is 1. The SMILES string of the molecule is COc1ccccc1Nc1nc2cc(Oc3ccnc(C(=O)CCCCO)c3)ccc2n1C. The topological polar surface area (TPSA) is 98.5 Å². The third kappa shape index (κ3) is 5.12. The highest BCUT2D eigenvalue weighted by atomic mass is 16.5. The lowest BCUT2D eigenvalue weighted by Crippen LogP contribution is -2.02. The first-order chi connectivity index (χ1) is 16.1. The van der Waals surface area contributed by atoms with Crippen LogP contribution in [0.4, 0.5) is 11.6 Å². The number of pyridine rings is 1. The third-order valence-corrected chi connectivity index (χ3v) is 5.27. The number of para-hydroxylation sites is 2. The van der Waals surface area contributed by atoms with Crippen LogP contribution in [0.2, 0.25) is 0 Å². The molecule has 33 heavy (non-hydrogen) atoms. The van der Waals surface area contributed by atoms with Gasteiger partial charge in [0.05, 0.1) is 23.8 Å². The van der Waals surface area contributed by atoms with Gasteiger partial charge in [0.2, 0.25) is 5.95 Å². The summed E-state index contributed by atoms with van der Waals surface area (Å²) in [7, 11) is 3.57. The average molecular weight is 447 g/mol. The zero-order valence-electron chi connectivity index (χ0n) is 18.6. The van der Waals surface area contributed by atoms with E-state index in [2.05, 4.69) is 10.3 Å². The molecule has 0 fully saturated rings. The van der Waals surface area contributed by atoms with Crippen LogP contribution in [-0.4, -0.2) is 39.1 Å². The summed E-state index contributed by atoms with van der Waals surface area (Å²) >= 11 is 0. The molecule has 0 saturated carbocycles. The third-order valence-electron chi connectivity index (χ3n) is 5.27. The van der Waals surface area contributed by atoms with Crippen LogP contribution in [0.5, 0.6) is 17.2 Å². The first-order valence-electron chi connectivity index (χ1n) is 10.7. The van der Waals surface area contributed by atoms with E-state index in [0.717, 1.165) is 22.5 Å². The van der Waals surface area contributed by atoms with Gasteiger partial charge in [-0.25, -0.2) is 4.98 Å². The monoisotopic (exact) mass is 446 g/mol. The molecule has 0 bridgehead atoms. The minimum absolute atomic E-state index is 0.0684. The first-order valence-corrected chi connectivity index (χ1v) is 10.7. The van der Waals surface area contributed by atoms with Crippen LogP contribution in [0.1, 0.15) is 29.8 Å². The molecular formula is C25H26N4O4. The van der Waals surface area contributed by atoms with E-state index in [1.54, 1.807) is 25.4 Å². The summed E-state index contributed by atoms with van der Waals surface area (Å²) in [4.78, 5) is 21.2. The molecule has 0 aliphatic carbocycles. The number of aromatic nitrogens is 3. The van der Waals surface area contributed by atoms with E-state index in [1.807, 2.05) is 54.1 Å². The largest absolute Gasteiger partial charge is 0.495 e. The van der Waals surface area contributed by atoms with Crippen molar-refractivity contribution in [3.05, 3.63) is 66.5 Å². The van der Waals surface area contributed by atoms with E-state index in [9.17, 15) is 4.79 Å². The van der Waals surface area contributed by atoms with Gasteiger partial charge >= 0.3 is 0 Å². The van der Waals surface area contributed by atoms with Gasteiger partial charge < -0.3 is 24.5 Å². The number of ether oxygens (including phenoxy) is 2. The number of methoxy groups -OCH3 is 1. The van der Waals surface area contributed by atoms with Gasteiger partial charge in [0, 0.05) is 38.4 Å². The quantitative estimate of drug-likeness (QED) is 0.265. The fraction of sp³-hybridized carbons (Fsp3) is 0.240. The summed E-state index contributed by atoms with van der Waals surface area (Å²) in [6.07, 6.45) is 3.13. The maximum atomic E-state index is 12.3. The predicted octanol–water partition coefficient (Wildman–Crippen LogP) is 4.86. The van der Waals surface area contributed by atoms with E-state index in [1.165, 1.54) is 0 Å². The number of aryl methyl sites for hydroxylation is 1. The number of hydrogen-bond acceptors (Lipinski definition) is 7. The van der Waals surface area contributed by atoms with E-state index in [4.69, 9.17) is 19.6 Å². The van der Waals surface area contributed by atoms with E-state index in [0.29, 0.717) is 42.4 Å². The Balaban J connectivity index is 1.53. The molecule has 0 aliphatic rings. The van der Waals surface area contributed by atoms with Gasteiger partial charge in [0.25, 0.3) is 0 Å². The normalized spacial score (nSPS) is 10.9. The maximum Gasteiger partial charge on any atom is 0.208 e. The van der Waals surface area contributed by atoms with Crippen LogP contribution in [0.3, 0.4) is 0 Å². The van der Waals surface area contributed by atoms with E-state index < -0.39 is 0 Å². The Morgan fingerprint density at radius 1 is 1.09 bits per heavy atom. The Labute approximate surface area is 191 Å². The number of fused-ring (bicyclic) bond motifs is 1. The van der Waals surface area contributed by atoms with Crippen molar-refractivity contribution in [2.24, 2.45) is 7.05 Å². The number of Topliss-reactive ketones (excluding diaryl/α,β-unsaturated/α-hetero) is 1. The van der Waals surface area contributed by atoms with Crippen molar-refractivity contribution in [3.63, 3.8) is 0 Å². The fourth-order valence-electron chi connectivity index (χ4n) is 3.51. The van der Waals surface area contributed by atoms with Crippen molar-refractivity contribution in [1.82, 2.24) is 14.5 Å². The van der Waals surface area contributed by atoms with E-state index in [-0.39, 0.29) is 12.4 Å². The number of carbonyl (C=O) groups is 1. The number of nitrogens with zero attached hydrogens (tertiary/aromatic N) is 3. The van der Waals surface area contributed by atoms with Gasteiger partial charge in [-0.3, -0.25) is 9.78 Å². The van der Waals surface area contributed by atoms with E-state index >= 15 is 0 Å². The highest BCUT2D eigenvalue weighted by Crippen LogP contribution is 2.30. The van der Waals surface area contributed by atoms with Crippen molar-refractivity contribution in [2.45, 2.75) is 19.3 Å². The zero-order valence-corrected chi connectivity index (χ0v) is 18.6. The van der Waals surface area contributed by atoms with Crippen molar-refractivity contribution >= 4 is 28.5 Å². The molecule has 2 aromatic carbocycles. The molecule has 0 amide bonds. The molecule has 0 radical (unpaired) electrons. The van der Waals surface area contributed by atoms with Crippen molar-refractivity contribution in [1.29, 1.82) is 0 Å². The van der Waals surface area contributed by atoms with Gasteiger partial charge in [-0.05, 0) is 43.2 Å². The lowest BCUT2D eigenvalue weighted by atomic mass is 10.1. The second-order valence-corrected chi connectivity index (χ2v) is 7.55. The minimum Gasteiger partial charge on any atom is -0.495 e. The number of anilines is 2. The highest BCUT2D eigenvalue weighted by molar-refractivity contribution is 5.94. The molecule has 0 spiro atoms. The summed E-state index contributed by atoms with van der Waals surface area (Å²) in [6, 6.07) is 16.7. The average Bonchev–Trinajstić information content (AvgIpc) is 3.14. The molecule has 2 aromatic heterocycles. The lowest BCUT2D eigenvalue weighted by molar-refractivity contribution is 0.0972. The molecular weight excluding hydrogens is 420 g/mol. The second-order valence-electron chi connectivity index (χ2n) is 7.55. The van der Waals surface area contributed by atoms with Crippen LogP contribution < -0.4 is 14.8 Å². The lowest BCUT2D eigenvalue weighted by Gasteiger charge is -2.10. The summed E-state index contributed by atoms with van der Waals surface area (Å²) in [6.45, 7) is 0.0794. The second kappa shape index (κ2) is 10.1. The number of nitrogens with one attached hydrogen (secondary N) is 1. The summed E-state index contributed by atoms with van der Waals surface area (Å²) in [5, 5.41) is 12.2. The van der Waals surface area contributed by atoms with Crippen molar-refractivity contribution in [3.8, 4) is 17.2 Å². The Morgan fingerprint density at radius 2 is 1.91 bits per heavy atom. The van der Waals surface area contributed by atoms with Crippen LogP contribution in [0.15, 0.2) is 60.8 Å².